The maximum Gasteiger partial charge on any atom is 0.176 e. The molecule has 0 atom stereocenters. The Balaban J connectivity index is 2.00. The minimum Gasteiger partial charge on any atom is -0.398 e. The van der Waals surface area contributed by atoms with E-state index in [4.69, 9.17) is 5.73 Å². The van der Waals surface area contributed by atoms with Gasteiger partial charge < -0.3 is 11.1 Å². The summed E-state index contributed by atoms with van der Waals surface area (Å²) < 4.78 is 0. The second kappa shape index (κ2) is 4.03. The molecule has 0 amide bonds. The number of nitrogen functional groups attached to an aromatic ring is 1. The Morgan fingerprint density at radius 3 is 2.87 bits per heavy atom. The molecule has 15 heavy (non-hydrogen) atoms. The zero-order chi connectivity index (χ0) is 10.8. The van der Waals surface area contributed by atoms with E-state index >= 15 is 0 Å². The number of hydrogen-bond acceptors (Lipinski definition) is 3. The number of aryl methyl sites for hydroxylation is 1. The number of Topliss-reactive ketones (excluding diaryl/α,β-unsaturated/α-hetero) is 1. The molecule has 0 heterocycles. The lowest BCUT2D eigenvalue weighted by molar-refractivity contribution is 0.0990. The van der Waals surface area contributed by atoms with Gasteiger partial charge in [0.05, 0.1) is 6.54 Å². The Morgan fingerprint density at radius 2 is 2.27 bits per heavy atom. The lowest BCUT2D eigenvalue weighted by Crippen LogP contribution is -2.24. The van der Waals surface area contributed by atoms with Crippen molar-refractivity contribution >= 4 is 11.5 Å². The monoisotopic (exact) mass is 204 g/mol. The first-order valence-corrected chi connectivity index (χ1v) is 5.29. The number of rotatable bonds is 4. The van der Waals surface area contributed by atoms with Gasteiger partial charge in [0.1, 0.15) is 0 Å². The second-order valence-corrected chi connectivity index (χ2v) is 4.15. The molecule has 1 aliphatic carbocycles. The van der Waals surface area contributed by atoms with Crippen LogP contribution < -0.4 is 11.1 Å². The molecular weight excluding hydrogens is 188 g/mol. The van der Waals surface area contributed by atoms with Crippen LogP contribution in [0.2, 0.25) is 0 Å². The van der Waals surface area contributed by atoms with Gasteiger partial charge in [0.15, 0.2) is 5.78 Å². The summed E-state index contributed by atoms with van der Waals surface area (Å²) in [6, 6.07) is 6.05. The third kappa shape index (κ3) is 2.57. The van der Waals surface area contributed by atoms with E-state index in [1.165, 1.54) is 12.8 Å². The van der Waals surface area contributed by atoms with Gasteiger partial charge in [-0.3, -0.25) is 4.79 Å². The highest BCUT2D eigenvalue weighted by atomic mass is 16.1. The molecule has 1 aromatic rings. The molecule has 0 aliphatic heterocycles. The van der Waals surface area contributed by atoms with Crippen LogP contribution in [0, 0.1) is 6.92 Å². The molecule has 0 radical (unpaired) electrons. The Hall–Kier alpha value is -1.35. The standard InChI is InChI=1S/C12H16N2O/c1-8-2-3-9(6-11(8)13)12(15)7-14-10-4-5-10/h2-3,6,10,14H,4-5,7,13H2,1H3. The van der Waals surface area contributed by atoms with Gasteiger partial charge in [0.2, 0.25) is 0 Å². The first-order valence-electron chi connectivity index (χ1n) is 5.29. The van der Waals surface area contributed by atoms with Crippen LogP contribution in [-0.2, 0) is 0 Å². The van der Waals surface area contributed by atoms with Gasteiger partial charge in [0, 0.05) is 17.3 Å². The molecule has 80 valence electrons. The van der Waals surface area contributed by atoms with Crippen molar-refractivity contribution in [2.24, 2.45) is 0 Å². The van der Waals surface area contributed by atoms with Crippen LogP contribution in [0.4, 0.5) is 5.69 Å². The summed E-state index contributed by atoms with van der Waals surface area (Å²) in [5.74, 6) is 0.119. The summed E-state index contributed by atoms with van der Waals surface area (Å²) in [6.45, 7) is 2.36. The second-order valence-electron chi connectivity index (χ2n) is 4.15. The van der Waals surface area contributed by atoms with Crippen LogP contribution in [0.5, 0.6) is 0 Å². The Labute approximate surface area is 89.7 Å². The number of benzene rings is 1. The quantitative estimate of drug-likeness (QED) is 0.577. The van der Waals surface area contributed by atoms with E-state index in [1.54, 1.807) is 6.07 Å². The summed E-state index contributed by atoms with van der Waals surface area (Å²) in [5, 5.41) is 3.20. The molecule has 0 bridgehead atoms. The van der Waals surface area contributed by atoms with Crippen LogP contribution in [0.25, 0.3) is 0 Å². The van der Waals surface area contributed by atoms with Crippen LogP contribution in [0.15, 0.2) is 18.2 Å². The highest BCUT2D eigenvalue weighted by Gasteiger charge is 2.21. The van der Waals surface area contributed by atoms with Gasteiger partial charge in [-0.25, -0.2) is 0 Å². The molecule has 1 fully saturated rings. The van der Waals surface area contributed by atoms with Gasteiger partial charge in [-0.2, -0.15) is 0 Å². The number of carbonyl (C=O) groups excluding carboxylic acids is 1. The van der Waals surface area contributed by atoms with Crippen molar-refractivity contribution in [3.63, 3.8) is 0 Å². The molecule has 1 aliphatic rings. The average molecular weight is 204 g/mol. The zero-order valence-electron chi connectivity index (χ0n) is 8.92. The van der Waals surface area contributed by atoms with E-state index in [0.29, 0.717) is 23.8 Å². The minimum absolute atomic E-state index is 0.119. The number of carbonyl (C=O) groups is 1. The van der Waals surface area contributed by atoms with E-state index in [2.05, 4.69) is 5.32 Å². The van der Waals surface area contributed by atoms with Crippen molar-refractivity contribution in [3.8, 4) is 0 Å². The molecule has 3 nitrogen and oxygen atoms in total. The van der Waals surface area contributed by atoms with Crippen LogP contribution in [0.1, 0.15) is 28.8 Å². The first kappa shape index (κ1) is 10.2. The predicted molar refractivity (Wildman–Crippen MR) is 60.9 cm³/mol. The van der Waals surface area contributed by atoms with Crippen LogP contribution in [-0.4, -0.2) is 18.4 Å². The maximum absolute atomic E-state index is 11.7. The summed E-state index contributed by atoms with van der Waals surface area (Å²) in [4.78, 5) is 11.7. The maximum atomic E-state index is 11.7. The lowest BCUT2D eigenvalue weighted by Gasteiger charge is -2.05. The van der Waals surface area contributed by atoms with Crippen molar-refractivity contribution in [2.45, 2.75) is 25.8 Å². The van der Waals surface area contributed by atoms with E-state index in [9.17, 15) is 4.79 Å². The molecule has 0 unspecified atom stereocenters. The molecule has 2 rings (SSSR count). The van der Waals surface area contributed by atoms with E-state index < -0.39 is 0 Å². The molecule has 3 N–H and O–H groups in total. The topological polar surface area (TPSA) is 55.1 Å². The molecule has 3 heteroatoms. The highest BCUT2D eigenvalue weighted by molar-refractivity contribution is 5.98. The van der Waals surface area contributed by atoms with Gasteiger partial charge in [-0.1, -0.05) is 12.1 Å². The van der Waals surface area contributed by atoms with Crippen LogP contribution in [0.3, 0.4) is 0 Å². The number of ketones is 1. The van der Waals surface area contributed by atoms with Crippen LogP contribution >= 0.6 is 0 Å². The SMILES string of the molecule is Cc1ccc(C(=O)CNC2CC2)cc1N. The first-order chi connectivity index (χ1) is 7.16. The predicted octanol–water partition coefficient (Wildman–Crippen LogP) is 1.51. The molecular formula is C12H16N2O. The van der Waals surface area contributed by atoms with Crippen molar-refractivity contribution in [1.29, 1.82) is 0 Å². The normalized spacial score (nSPS) is 15.3. The summed E-state index contributed by atoms with van der Waals surface area (Å²) in [6.07, 6.45) is 2.40. The fraction of sp³-hybridized carbons (Fsp3) is 0.417. The van der Waals surface area contributed by atoms with Crippen molar-refractivity contribution in [1.82, 2.24) is 5.32 Å². The summed E-state index contributed by atoms with van der Waals surface area (Å²) >= 11 is 0. The smallest absolute Gasteiger partial charge is 0.176 e. The zero-order valence-corrected chi connectivity index (χ0v) is 8.92. The Morgan fingerprint density at radius 1 is 1.53 bits per heavy atom. The van der Waals surface area contributed by atoms with Crippen molar-refractivity contribution in [2.75, 3.05) is 12.3 Å². The largest absolute Gasteiger partial charge is 0.398 e. The molecule has 0 aromatic heterocycles. The molecule has 0 saturated heterocycles. The number of anilines is 1. The Kier molecular flexibility index (Phi) is 2.73. The molecule has 0 spiro atoms. The number of nitrogens with two attached hydrogens (primary N) is 1. The van der Waals surface area contributed by atoms with Crippen molar-refractivity contribution < 1.29 is 4.79 Å². The van der Waals surface area contributed by atoms with Gasteiger partial charge in [0.25, 0.3) is 0 Å². The van der Waals surface area contributed by atoms with Gasteiger partial charge in [-0.05, 0) is 31.4 Å². The molecule has 1 saturated carbocycles. The third-order valence-corrected chi connectivity index (χ3v) is 2.73. The average Bonchev–Trinajstić information content (AvgIpc) is 3.02. The minimum atomic E-state index is 0.119. The molecule has 1 aromatic carbocycles. The van der Waals surface area contributed by atoms with E-state index in [-0.39, 0.29) is 5.78 Å². The number of nitrogens with one attached hydrogen (secondary N) is 1. The lowest BCUT2D eigenvalue weighted by atomic mass is 10.1. The summed E-state index contributed by atoms with van der Waals surface area (Å²) in [7, 11) is 0. The fourth-order valence-electron chi connectivity index (χ4n) is 1.44. The van der Waals surface area contributed by atoms with E-state index in [0.717, 1.165) is 5.56 Å². The Bertz CT molecular complexity index is 383. The van der Waals surface area contributed by atoms with E-state index in [1.807, 2.05) is 19.1 Å². The summed E-state index contributed by atoms with van der Waals surface area (Å²) in [5.41, 5.74) is 8.16. The highest BCUT2D eigenvalue weighted by Crippen LogP contribution is 2.18. The number of hydrogen-bond donors (Lipinski definition) is 2. The fourth-order valence-corrected chi connectivity index (χ4v) is 1.44. The van der Waals surface area contributed by atoms with Gasteiger partial charge >= 0.3 is 0 Å². The van der Waals surface area contributed by atoms with Crippen molar-refractivity contribution in [3.05, 3.63) is 29.3 Å². The van der Waals surface area contributed by atoms with Gasteiger partial charge in [-0.15, -0.1) is 0 Å². The third-order valence-electron chi connectivity index (χ3n) is 2.73.